The van der Waals surface area contributed by atoms with Gasteiger partial charge in [-0.15, -0.1) is 21.5 Å². The molecule has 3 heterocycles. The van der Waals surface area contributed by atoms with E-state index < -0.39 is 0 Å². The molecule has 0 aliphatic heterocycles. The van der Waals surface area contributed by atoms with E-state index in [4.69, 9.17) is 32.6 Å². The number of thioether (sulfide) groups is 1. The molecule has 0 saturated carbocycles. The Morgan fingerprint density at radius 1 is 0.930 bits per heavy atom. The summed E-state index contributed by atoms with van der Waals surface area (Å²) in [5, 5.41) is 13.0. The molecule has 0 aliphatic carbocycles. The summed E-state index contributed by atoms with van der Waals surface area (Å²) in [4.78, 5) is 20.3. The fourth-order valence-electron chi connectivity index (χ4n) is 4.54. The molecular formula is C32H25Cl2N5O2S2. The number of hydrogen-bond acceptors (Lipinski definition) is 7. The minimum atomic E-state index is -0.0940. The molecular weight excluding hydrogens is 621 g/mol. The van der Waals surface area contributed by atoms with Crippen molar-refractivity contribution in [3.63, 3.8) is 0 Å². The number of thiazole rings is 1. The van der Waals surface area contributed by atoms with Crippen molar-refractivity contribution >= 4 is 52.2 Å². The second-order valence-corrected chi connectivity index (χ2v) is 12.3. The van der Waals surface area contributed by atoms with Crippen molar-refractivity contribution in [1.82, 2.24) is 24.6 Å². The first-order valence-corrected chi connectivity index (χ1v) is 16.1. The second kappa shape index (κ2) is 13.6. The molecule has 0 saturated heterocycles. The molecule has 43 heavy (non-hydrogen) atoms. The zero-order valence-electron chi connectivity index (χ0n) is 22.8. The lowest BCUT2D eigenvalue weighted by atomic mass is 10.1. The minimum absolute atomic E-state index is 0.0940. The Morgan fingerprint density at radius 3 is 2.42 bits per heavy atom. The Hall–Kier alpha value is -3.89. The summed E-state index contributed by atoms with van der Waals surface area (Å²) < 4.78 is 7.45. The number of carbonyl (C=O) groups excluding carboxylic acids is 1. The molecule has 3 aromatic heterocycles. The van der Waals surface area contributed by atoms with Gasteiger partial charge in [0.2, 0.25) is 5.82 Å². The van der Waals surface area contributed by atoms with Crippen LogP contribution in [0.4, 0.5) is 0 Å². The van der Waals surface area contributed by atoms with Crippen LogP contribution in [0.15, 0.2) is 112 Å². The van der Waals surface area contributed by atoms with Crippen molar-refractivity contribution < 1.29 is 9.21 Å². The van der Waals surface area contributed by atoms with Gasteiger partial charge in [-0.05, 0) is 47.9 Å². The summed E-state index contributed by atoms with van der Waals surface area (Å²) in [5.74, 6) is 1.47. The summed E-state index contributed by atoms with van der Waals surface area (Å²) in [5.41, 5.74) is 3.36. The number of hydrogen-bond donors (Lipinski definition) is 0. The lowest BCUT2D eigenvalue weighted by Gasteiger charge is -2.22. The molecule has 0 radical (unpaired) electrons. The number of aromatic nitrogens is 4. The second-order valence-electron chi connectivity index (χ2n) is 9.58. The fraction of sp³-hybridized carbons (Fsp3) is 0.125. The summed E-state index contributed by atoms with van der Waals surface area (Å²) >= 11 is 15.6. The topological polar surface area (TPSA) is 77.0 Å². The Balaban J connectivity index is 1.21. The molecule has 0 N–H and O–H groups in total. The molecule has 7 nitrogen and oxygen atoms in total. The van der Waals surface area contributed by atoms with Crippen molar-refractivity contribution in [2.45, 2.75) is 23.9 Å². The third kappa shape index (κ3) is 7.02. The number of amides is 1. The van der Waals surface area contributed by atoms with Crippen LogP contribution in [0.2, 0.25) is 10.0 Å². The first-order valence-electron chi connectivity index (χ1n) is 13.4. The molecule has 6 aromatic rings. The lowest BCUT2D eigenvalue weighted by Crippen LogP contribution is -2.32. The van der Waals surface area contributed by atoms with Crippen molar-refractivity contribution in [2.24, 2.45) is 0 Å². The largest absolute Gasteiger partial charge is 0.461 e. The molecule has 6 rings (SSSR count). The van der Waals surface area contributed by atoms with Crippen LogP contribution in [0.5, 0.6) is 0 Å². The quantitative estimate of drug-likeness (QED) is 0.132. The van der Waals surface area contributed by atoms with Gasteiger partial charge in [0, 0.05) is 23.5 Å². The van der Waals surface area contributed by atoms with Gasteiger partial charge in [0.1, 0.15) is 10.7 Å². The van der Waals surface area contributed by atoms with Gasteiger partial charge in [0.15, 0.2) is 10.9 Å². The predicted molar refractivity (Wildman–Crippen MR) is 172 cm³/mol. The van der Waals surface area contributed by atoms with E-state index in [0.29, 0.717) is 57.0 Å². The van der Waals surface area contributed by atoms with E-state index >= 15 is 0 Å². The van der Waals surface area contributed by atoms with Crippen molar-refractivity contribution in [3.05, 3.63) is 135 Å². The smallest absolute Gasteiger partial charge is 0.273 e. The molecule has 11 heteroatoms. The summed E-state index contributed by atoms with van der Waals surface area (Å²) in [7, 11) is 0. The van der Waals surface area contributed by atoms with Crippen LogP contribution >= 0.6 is 46.3 Å². The number of rotatable bonds is 11. The fourth-order valence-corrected chi connectivity index (χ4v) is 6.76. The zero-order valence-corrected chi connectivity index (χ0v) is 25.9. The number of halogens is 2. The Labute approximate surface area is 267 Å². The lowest BCUT2D eigenvalue weighted by molar-refractivity contribution is 0.0740. The van der Waals surface area contributed by atoms with E-state index in [2.05, 4.69) is 22.3 Å². The minimum Gasteiger partial charge on any atom is -0.461 e. The van der Waals surface area contributed by atoms with E-state index in [-0.39, 0.29) is 5.91 Å². The van der Waals surface area contributed by atoms with E-state index in [1.54, 1.807) is 24.5 Å². The number of nitrogens with zero attached hydrogens (tertiary/aromatic N) is 5. The molecule has 0 aliphatic rings. The van der Waals surface area contributed by atoms with Gasteiger partial charge < -0.3 is 9.32 Å². The van der Waals surface area contributed by atoms with Crippen LogP contribution in [-0.2, 0) is 18.7 Å². The zero-order chi connectivity index (χ0) is 29.6. The van der Waals surface area contributed by atoms with Gasteiger partial charge in [-0.25, -0.2) is 4.98 Å². The van der Waals surface area contributed by atoms with Gasteiger partial charge in [-0.1, -0.05) is 95.6 Å². The molecule has 0 spiro atoms. The van der Waals surface area contributed by atoms with E-state index in [9.17, 15) is 4.79 Å². The molecule has 216 valence electrons. The standard InChI is InChI=1S/C32H25Cl2N5O2S2/c33-24-13-14-27(25(34)18-24)39-30(28-12-7-17-41-28)36-37-32(39)43-21-29-35-26(20-42-29)31(40)38(19-23-10-5-2-6-11-23)16-15-22-8-3-1-4-9-22/h1-14,17-18,20H,15-16,19,21H2. The van der Waals surface area contributed by atoms with Crippen molar-refractivity contribution in [3.8, 4) is 17.3 Å². The Morgan fingerprint density at radius 2 is 1.70 bits per heavy atom. The highest BCUT2D eigenvalue weighted by Crippen LogP contribution is 2.34. The van der Waals surface area contributed by atoms with Gasteiger partial charge in [-0.2, -0.15) is 0 Å². The van der Waals surface area contributed by atoms with Gasteiger partial charge in [0.25, 0.3) is 5.91 Å². The first kappa shape index (κ1) is 29.2. The average Bonchev–Trinajstić information content (AvgIpc) is 3.80. The number of benzene rings is 3. The highest BCUT2D eigenvalue weighted by atomic mass is 35.5. The van der Waals surface area contributed by atoms with Crippen LogP contribution in [0, 0.1) is 0 Å². The monoisotopic (exact) mass is 645 g/mol. The maximum atomic E-state index is 13.7. The van der Waals surface area contributed by atoms with E-state index in [0.717, 1.165) is 17.0 Å². The van der Waals surface area contributed by atoms with E-state index in [1.165, 1.54) is 28.7 Å². The SMILES string of the molecule is O=C(c1csc(CSc2nnc(-c3ccco3)n2-c2ccc(Cl)cc2Cl)n1)N(CCc1ccccc1)Cc1ccccc1. The maximum Gasteiger partial charge on any atom is 0.273 e. The molecule has 0 atom stereocenters. The van der Waals surface area contributed by atoms with Crippen LogP contribution in [0.1, 0.15) is 26.6 Å². The van der Waals surface area contributed by atoms with Crippen molar-refractivity contribution in [2.75, 3.05) is 6.54 Å². The molecule has 0 bridgehead atoms. The Bertz CT molecular complexity index is 1810. The Kier molecular flexibility index (Phi) is 9.24. The normalized spacial score (nSPS) is 11.1. The molecule has 0 fully saturated rings. The summed E-state index contributed by atoms with van der Waals surface area (Å²) in [6.45, 7) is 1.09. The first-order chi connectivity index (χ1) is 21.0. The van der Waals surface area contributed by atoms with Crippen LogP contribution in [0.25, 0.3) is 17.3 Å². The molecule has 3 aromatic carbocycles. The van der Waals surface area contributed by atoms with Gasteiger partial charge >= 0.3 is 0 Å². The van der Waals surface area contributed by atoms with Gasteiger partial charge in [-0.3, -0.25) is 9.36 Å². The van der Waals surface area contributed by atoms with Crippen LogP contribution in [0.3, 0.4) is 0 Å². The summed E-state index contributed by atoms with van der Waals surface area (Å²) in [6, 6.07) is 29.1. The predicted octanol–water partition coefficient (Wildman–Crippen LogP) is 8.47. The highest BCUT2D eigenvalue weighted by Gasteiger charge is 2.22. The highest BCUT2D eigenvalue weighted by molar-refractivity contribution is 7.98. The summed E-state index contributed by atoms with van der Waals surface area (Å²) in [6.07, 6.45) is 2.34. The number of carbonyl (C=O) groups is 1. The number of furan rings is 1. The van der Waals surface area contributed by atoms with Gasteiger partial charge in [0.05, 0.1) is 22.7 Å². The third-order valence-electron chi connectivity index (χ3n) is 6.64. The molecule has 0 unspecified atom stereocenters. The van der Waals surface area contributed by atoms with Crippen LogP contribution < -0.4 is 0 Å². The average molecular weight is 647 g/mol. The molecule has 1 amide bonds. The maximum absolute atomic E-state index is 13.7. The van der Waals surface area contributed by atoms with E-state index in [1.807, 2.05) is 75.5 Å². The third-order valence-corrected chi connectivity index (χ3v) is 9.15. The van der Waals surface area contributed by atoms with Crippen molar-refractivity contribution in [1.29, 1.82) is 0 Å². The van der Waals surface area contributed by atoms with Crippen LogP contribution in [-0.4, -0.2) is 37.1 Å².